The Kier molecular flexibility index (Phi) is 5.72. The standard InChI is InChI=1S/C24H27FN2O5S/c1-17-15-24(12-13-26(17)22(29)32-16-18-8-5-4-6-9-18)21(28)23(2,3)33(30,31)27(24)20-11-7-10-19(25)14-20/h4-11,14,17H,12-13,15-16H2,1-3H3/t17-,24+/m0/s1. The minimum absolute atomic E-state index is 0.0887. The van der Waals surface area contributed by atoms with Crippen molar-refractivity contribution in [1.82, 2.24) is 4.90 Å². The van der Waals surface area contributed by atoms with E-state index in [-0.39, 0.29) is 31.7 Å². The summed E-state index contributed by atoms with van der Waals surface area (Å²) < 4.78 is 45.8. The molecule has 2 atom stereocenters. The zero-order valence-corrected chi connectivity index (χ0v) is 19.6. The Hall–Kier alpha value is -2.94. The SMILES string of the molecule is C[C@H]1C[C@]2(CCN1C(=O)OCc1ccccc1)C(=O)C(C)(C)S(=O)(=O)N2c1cccc(F)c1. The van der Waals surface area contributed by atoms with Gasteiger partial charge in [0.25, 0.3) is 0 Å². The van der Waals surface area contributed by atoms with E-state index in [1.165, 1.54) is 36.9 Å². The Morgan fingerprint density at radius 1 is 1.15 bits per heavy atom. The molecule has 2 heterocycles. The largest absolute Gasteiger partial charge is 0.445 e. The lowest BCUT2D eigenvalue weighted by molar-refractivity contribution is -0.126. The van der Waals surface area contributed by atoms with Crippen LogP contribution in [0.15, 0.2) is 54.6 Å². The van der Waals surface area contributed by atoms with Crippen molar-refractivity contribution in [3.05, 3.63) is 66.0 Å². The molecular formula is C24H27FN2O5S. The number of benzene rings is 2. The monoisotopic (exact) mass is 474 g/mol. The van der Waals surface area contributed by atoms with Gasteiger partial charge < -0.3 is 9.64 Å². The summed E-state index contributed by atoms with van der Waals surface area (Å²) in [6.45, 7) is 4.79. The minimum Gasteiger partial charge on any atom is -0.445 e. The van der Waals surface area contributed by atoms with Gasteiger partial charge in [-0.2, -0.15) is 0 Å². The molecule has 2 saturated heterocycles. The first kappa shape index (κ1) is 23.2. The van der Waals surface area contributed by atoms with Gasteiger partial charge in [-0.05, 0) is 57.4 Å². The maximum absolute atomic E-state index is 14.0. The summed E-state index contributed by atoms with van der Waals surface area (Å²) in [4.78, 5) is 27.8. The van der Waals surface area contributed by atoms with E-state index in [0.29, 0.717) is 0 Å². The van der Waals surface area contributed by atoms with E-state index in [2.05, 4.69) is 0 Å². The van der Waals surface area contributed by atoms with Crippen molar-refractivity contribution in [3.63, 3.8) is 0 Å². The second-order valence-electron chi connectivity index (χ2n) is 9.16. The van der Waals surface area contributed by atoms with E-state index in [9.17, 15) is 22.4 Å². The summed E-state index contributed by atoms with van der Waals surface area (Å²) in [5, 5.41) is 0. The quantitative estimate of drug-likeness (QED) is 0.674. The molecule has 7 nitrogen and oxygen atoms in total. The molecule has 2 aromatic rings. The number of carbonyl (C=O) groups is 2. The van der Waals surface area contributed by atoms with Crippen LogP contribution in [0.1, 0.15) is 39.2 Å². The number of nitrogens with zero attached hydrogens (tertiary/aromatic N) is 2. The van der Waals surface area contributed by atoms with Crippen LogP contribution >= 0.6 is 0 Å². The molecular weight excluding hydrogens is 447 g/mol. The van der Waals surface area contributed by atoms with E-state index < -0.39 is 44.0 Å². The van der Waals surface area contributed by atoms with Gasteiger partial charge in [0.2, 0.25) is 10.0 Å². The highest BCUT2D eigenvalue weighted by Crippen LogP contribution is 2.49. The van der Waals surface area contributed by atoms with Crippen LogP contribution in [0.3, 0.4) is 0 Å². The van der Waals surface area contributed by atoms with Crippen molar-refractivity contribution in [2.75, 3.05) is 10.8 Å². The minimum atomic E-state index is -4.12. The maximum Gasteiger partial charge on any atom is 0.410 e. The van der Waals surface area contributed by atoms with Gasteiger partial charge >= 0.3 is 6.09 Å². The zero-order chi connectivity index (χ0) is 24.0. The average Bonchev–Trinajstić information content (AvgIpc) is 2.87. The fourth-order valence-corrected chi connectivity index (χ4v) is 6.89. The Bertz CT molecular complexity index is 1180. The normalized spacial score (nSPS) is 25.9. The second-order valence-corrected chi connectivity index (χ2v) is 11.5. The molecule has 2 fully saturated rings. The first-order valence-electron chi connectivity index (χ1n) is 10.8. The number of hydrogen-bond donors (Lipinski definition) is 0. The third-order valence-electron chi connectivity index (χ3n) is 6.66. The van der Waals surface area contributed by atoms with Crippen LogP contribution in [0.25, 0.3) is 0 Å². The highest BCUT2D eigenvalue weighted by atomic mass is 32.2. The van der Waals surface area contributed by atoms with Crippen molar-refractivity contribution in [1.29, 1.82) is 0 Å². The summed E-state index contributed by atoms with van der Waals surface area (Å²) in [6, 6.07) is 14.1. The molecule has 0 bridgehead atoms. The molecule has 1 spiro atoms. The number of piperidine rings is 1. The smallest absolute Gasteiger partial charge is 0.410 e. The molecule has 0 saturated carbocycles. The molecule has 0 aliphatic carbocycles. The topological polar surface area (TPSA) is 84.0 Å². The number of ketones is 1. The molecule has 9 heteroatoms. The average molecular weight is 475 g/mol. The van der Waals surface area contributed by atoms with Crippen LogP contribution in [0, 0.1) is 5.82 Å². The fourth-order valence-electron chi connectivity index (χ4n) is 4.91. The Morgan fingerprint density at radius 3 is 2.48 bits per heavy atom. The third kappa shape index (κ3) is 3.68. The third-order valence-corrected chi connectivity index (χ3v) is 9.17. The molecule has 176 valence electrons. The lowest BCUT2D eigenvalue weighted by atomic mass is 9.76. The number of carbonyl (C=O) groups excluding carboxylic acids is 2. The van der Waals surface area contributed by atoms with E-state index >= 15 is 0 Å². The summed E-state index contributed by atoms with van der Waals surface area (Å²) in [6.07, 6.45) is -0.340. The summed E-state index contributed by atoms with van der Waals surface area (Å²) in [5.74, 6) is -1.03. The lowest BCUT2D eigenvalue weighted by Crippen LogP contribution is -2.60. The van der Waals surface area contributed by atoms with Gasteiger partial charge in [0, 0.05) is 12.6 Å². The van der Waals surface area contributed by atoms with Crippen LogP contribution in [0.5, 0.6) is 0 Å². The number of Topliss-reactive ketones (excluding diaryl/α,β-unsaturated/α-hetero) is 1. The highest BCUT2D eigenvalue weighted by Gasteiger charge is 2.68. The molecule has 33 heavy (non-hydrogen) atoms. The van der Waals surface area contributed by atoms with Crippen molar-refractivity contribution in [3.8, 4) is 0 Å². The first-order valence-corrected chi connectivity index (χ1v) is 12.3. The second kappa shape index (κ2) is 8.13. The molecule has 0 N–H and O–H groups in total. The van der Waals surface area contributed by atoms with E-state index in [1.54, 1.807) is 6.92 Å². The Morgan fingerprint density at radius 2 is 1.85 bits per heavy atom. The number of amides is 1. The molecule has 2 aromatic carbocycles. The highest BCUT2D eigenvalue weighted by molar-refractivity contribution is 7.95. The van der Waals surface area contributed by atoms with Crippen LogP contribution < -0.4 is 4.31 Å². The van der Waals surface area contributed by atoms with Crippen LogP contribution in [-0.2, 0) is 26.2 Å². The van der Waals surface area contributed by atoms with Crippen LogP contribution in [0.2, 0.25) is 0 Å². The number of ether oxygens (including phenoxy) is 1. The van der Waals surface area contributed by atoms with Crippen molar-refractivity contribution >= 4 is 27.6 Å². The van der Waals surface area contributed by atoms with Crippen LogP contribution in [0.4, 0.5) is 14.9 Å². The molecule has 4 rings (SSSR count). The van der Waals surface area contributed by atoms with Gasteiger partial charge in [0.15, 0.2) is 5.78 Å². The van der Waals surface area contributed by atoms with Gasteiger partial charge in [-0.25, -0.2) is 17.6 Å². The molecule has 0 aromatic heterocycles. The summed E-state index contributed by atoms with van der Waals surface area (Å²) in [5.41, 5.74) is -0.435. The van der Waals surface area contributed by atoms with Crippen molar-refractivity contribution in [2.24, 2.45) is 0 Å². The van der Waals surface area contributed by atoms with Gasteiger partial charge in [-0.3, -0.25) is 9.10 Å². The van der Waals surface area contributed by atoms with E-state index in [0.717, 1.165) is 15.9 Å². The lowest BCUT2D eigenvalue weighted by Gasteiger charge is -2.45. The Balaban J connectivity index is 1.62. The van der Waals surface area contributed by atoms with Gasteiger partial charge in [-0.15, -0.1) is 0 Å². The van der Waals surface area contributed by atoms with Gasteiger partial charge in [-0.1, -0.05) is 36.4 Å². The fraction of sp³-hybridized carbons (Fsp3) is 0.417. The van der Waals surface area contributed by atoms with Gasteiger partial charge in [0.05, 0.1) is 5.69 Å². The van der Waals surface area contributed by atoms with E-state index in [4.69, 9.17) is 4.74 Å². The predicted octanol–water partition coefficient (Wildman–Crippen LogP) is 3.88. The summed E-state index contributed by atoms with van der Waals surface area (Å²) in [7, 11) is -4.12. The first-order chi connectivity index (χ1) is 15.5. The van der Waals surface area contributed by atoms with Crippen LogP contribution in [-0.4, -0.2) is 48.1 Å². The van der Waals surface area contributed by atoms with Gasteiger partial charge in [0.1, 0.15) is 22.7 Å². The number of hydrogen-bond acceptors (Lipinski definition) is 5. The zero-order valence-electron chi connectivity index (χ0n) is 18.8. The molecule has 0 radical (unpaired) electrons. The maximum atomic E-state index is 14.0. The molecule has 1 amide bonds. The molecule has 0 unspecified atom stereocenters. The predicted molar refractivity (Wildman–Crippen MR) is 122 cm³/mol. The number of sulfonamides is 1. The number of anilines is 1. The number of rotatable bonds is 3. The van der Waals surface area contributed by atoms with Crippen molar-refractivity contribution in [2.45, 2.75) is 56.5 Å². The number of halogens is 1. The molecule has 2 aliphatic rings. The van der Waals surface area contributed by atoms with Crippen molar-refractivity contribution < 1.29 is 27.1 Å². The summed E-state index contributed by atoms with van der Waals surface area (Å²) >= 11 is 0. The number of likely N-dealkylation sites (tertiary alicyclic amines) is 1. The Labute approximate surface area is 193 Å². The molecule has 2 aliphatic heterocycles. The van der Waals surface area contributed by atoms with E-state index in [1.807, 2.05) is 30.3 Å².